The minimum Gasteiger partial charge on any atom is -0.481 e. The second-order valence-corrected chi connectivity index (χ2v) is 16.8. The summed E-state index contributed by atoms with van der Waals surface area (Å²) in [6.45, 7) is 17.2. The largest absolute Gasteiger partial charge is 0.481 e. The van der Waals surface area contributed by atoms with Gasteiger partial charge in [0.2, 0.25) is 0 Å². The summed E-state index contributed by atoms with van der Waals surface area (Å²) in [6.07, 6.45) is 2.43. The van der Waals surface area contributed by atoms with Crippen molar-refractivity contribution < 1.29 is 28.9 Å². The van der Waals surface area contributed by atoms with Gasteiger partial charge in [0.05, 0.1) is 18.6 Å². The lowest BCUT2D eigenvalue weighted by atomic mass is 9.69. The highest BCUT2D eigenvalue weighted by molar-refractivity contribution is 6.74. The first kappa shape index (κ1) is 29.4. The zero-order valence-corrected chi connectivity index (χ0v) is 23.5. The molecule has 5 nitrogen and oxygen atoms in total. The molecule has 0 radical (unpaired) electrons. The fourth-order valence-corrected chi connectivity index (χ4v) is 5.81. The molecule has 0 bridgehead atoms. The summed E-state index contributed by atoms with van der Waals surface area (Å²) < 4.78 is 20.9. The first-order valence-electron chi connectivity index (χ1n) is 12.4. The number of carbonyl (C=O) groups is 1. The number of benzene rings is 1. The van der Waals surface area contributed by atoms with Crippen LogP contribution in [0.1, 0.15) is 71.4 Å². The van der Waals surface area contributed by atoms with Gasteiger partial charge in [0.25, 0.3) is 0 Å². The van der Waals surface area contributed by atoms with Crippen molar-refractivity contribution in [1.29, 1.82) is 0 Å². The van der Waals surface area contributed by atoms with Gasteiger partial charge >= 0.3 is 5.97 Å². The lowest BCUT2D eigenvalue weighted by Crippen LogP contribution is -2.46. The van der Waals surface area contributed by atoms with Gasteiger partial charge in [-0.3, -0.25) is 4.79 Å². The minimum atomic E-state index is -2.01. The van der Waals surface area contributed by atoms with Crippen LogP contribution in [0.3, 0.4) is 0 Å². The van der Waals surface area contributed by atoms with Gasteiger partial charge in [-0.15, -0.1) is 0 Å². The van der Waals surface area contributed by atoms with E-state index in [1.54, 1.807) is 19.1 Å². The highest BCUT2D eigenvalue weighted by Crippen LogP contribution is 2.48. The Morgan fingerprint density at radius 3 is 2.46 bits per heavy atom. The molecule has 3 atom stereocenters. The van der Waals surface area contributed by atoms with E-state index in [1.807, 2.05) is 12.1 Å². The molecule has 35 heavy (non-hydrogen) atoms. The van der Waals surface area contributed by atoms with Crippen molar-refractivity contribution in [3.8, 4) is 0 Å². The maximum atomic E-state index is 14.1. The maximum Gasteiger partial charge on any atom is 0.305 e. The average molecular weight is 507 g/mol. The Kier molecular flexibility index (Phi) is 9.31. The quantitative estimate of drug-likeness (QED) is 0.345. The molecule has 2 rings (SSSR count). The summed E-state index contributed by atoms with van der Waals surface area (Å²) in [5.74, 6) is -1.36. The predicted octanol–water partition coefficient (Wildman–Crippen LogP) is 6.24. The highest BCUT2D eigenvalue weighted by Gasteiger charge is 2.42. The number of hydrogen-bond donors (Lipinski definition) is 3. The number of aliphatic hydroxyl groups is 2. The van der Waals surface area contributed by atoms with Gasteiger partial charge in [0.1, 0.15) is 5.82 Å². The third-order valence-electron chi connectivity index (χ3n) is 7.41. The van der Waals surface area contributed by atoms with Crippen LogP contribution in [-0.4, -0.2) is 47.9 Å². The zero-order chi connectivity index (χ0) is 26.8. The van der Waals surface area contributed by atoms with Gasteiger partial charge in [-0.25, -0.2) is 4.39 Å². The molecule has 3 N–H and O–H groups in total. The summed E-state index contributed by atoms with van der Waals surface area (Å²) in [6, 6.07) is 5.14. The van der Waals surface area contributed by atoms with E-state index in [1.165, 1.54) is 6.07 Å². The van der Waals surface area contributed by atoms with Gasteiger partial charge in [-0.1, -0.05) is 52.8 Å². The van der Waals surface area contributed by atoms with E-state index in [2.05, 4.69) is 47.7 Å². The fraction of sp³-hybridized carbons (Fsp3) is 0.607. The number of hydrogen-bond acceptors (Lipinski definition) is 4. The standard InChI is InChI=1S/C28H43FO5Si/c1-18-13-19(9-12-25(18)29)23-16-22(34-35(7,8)27(2,3)4)17-28(5,6)24(23)11-10-20(30)14-21(31)15-26(32)33/h9-13,20-22,30-31H,14-17H2,1-8H3,(H,32,33)/b11-10+/t20-,21-,22+/m1/s1. The Bertz CT molecular complexity index is 974. The molecule has 196 valence electrons. The topological polar surface area (TPSA) is 87.0 Å². The average Bonchev–Trinajstić information content (AvgIpc) is 2.66. The molecule has 1 aliphatic carbocycles. The molecule has 0 saturated heterocycles. The molecule has 0 saturated carbocycles. The molecule has 0 aromatic heterocycles. The van der Waals surface area contributed by atoms with Gasteiger partial charge in [0, 0.05) is 12.5 Å². The normalized spacial score (nSPS) is 20.8. The van der Waals surface area contributed by atoms with Crippen molar-refractivity contribution >= 4 is 19.9 Å². The van der Waals surface area contributed by atoms with Crippen LogP contribution in [0.2, 0.25) is 18.1 Å². The van der Waals surface area contributed by atoms with Crippen LogP contribution in [0, 0.1) is 18.2 Å². The van der Waals surface area contributed by atoms with E-state index >= 15 is 0 Å². The van der Waals surface area contributed by atoms with E-state index in [-0.39, 0.29) is 28.8 Å². The second-order valence-electron chi connectivity index (χ2n) is 12.1. The number of rotatable bonds is 9. The number of aryl methyl sites for hydroxylation is 1. The zero-order valence-electron chi connectivity index (χ0n) is 22.5. The smallest absolute Gasteiger partial charge is 0.305 e. The van der Waals surface area contributed by atoms with E-state index in [4.69, 9.17) is 9.53 Å². The maximum absolute atomic E-state index is 14.1. The molecule has 0 aliphatic heterocycles. The van der Waals surface area contributed by atoms with Crippen molar-refractivity contribution in [2.45, 2.75) is 104 Å². The Morgan fingerprint density at radius 1 is 1.29 bits per heavy atom. The molecule has 1 aromatic carbocycles. The molecule has 0 amide bonds. The second kappa shape index (κ2) is 11.1. The highest BCUT2D eigenvalue weighted by atomic mass is 28.4. The molecule has 1 aromatic rings. The van der Waals surface area contributed by atoms with Crippen LogP contribution >= 0.6 is 0 Å². The van der Waals surface area contributed by atoms with E-state index in [9.17, 15) is 19.4 Å². The van der Waals surface area contributed by atoms with Gasteiger partial charge in [0.15, 0.2) is 8.32 Å². The van der Waals surface area contributed by atoms with E-state index < -0.39 is 32.9 Å². The molecular weight excluding hydrogens is 463 g/mol. The molecule has 0 fully saturated rings. The number of halogens is 1. The molecule has 0 spiro atoms. The fourth-order valence-electron chi connectivity index (χ4n) is 4.46. The van der Waals surface area contributed by atoms with Crippen LogP contribution in [0.4, 0.5) is 4.39 Å². The van der Waals surface area contributed by atoms with Crippen LogP contribution in [-0.2, 0) is 9.22 Å². The first-order valence-corrected chi connectivity index (χ1v) is 15.3. The minimum absolute atomic E-state index is 0.0192. The van der Waals surface area contributed by atoms with Crippen LogP contribution < -0.4 is 0 Å². The molecule has 1 aliphatic rings. The van der Waals surface area contributed by atoms with E-state index in [0.29, 0.717) is 12.0 Å². The first-order chi connectivity index (χ1) is 15.9. The summed E-state index contributed by atoms with van der Waals surface area (Å²) >= 11 is 0. The lowest BCUT2D eigenvalue weighted by molar-refractivity contribution is -0.139. The Labute approximate surface area is 210 Å². The third-order valence-corrected chi connectivity index (χ3v) is 11.9. The van der Waals surface area contributed by atoms with Crippen molar-refractivity contribution in [3.63, 3.8) is 0 Å². The monoisotopic (exact) mass is 506 g/mol. The Hall–Kier alpha value is -1.80. The molecule has 0 heterocycles. The summed E-state index contributed by atoms with van der Waals surface area (Å²) in [5, 5.41) is 29.3. The third kappa shape index (κ3) is 7.84. The molecule has 0 unspecified atom stereocenters. The number of aliphatic hydroxyl groups excluding tert-OH is 2. The van der Waals surface area contributed by atoms with Gasteiger partial charge in [-0.05, 0) is 77.7 Å². The van der Waals surface area contributed by atoms with Crippen molar-refractivity contribution in [2.75, 3.05) is 0 Å². The molecule has 7 heteroatoms. The molecular formula is C28H43FO5Si. The van der Waals surface area contributed by atoms with Gasteiger partial charge in [-0.2, -0.15) is 0 Å². The van der Waals surface area contributed by atoms with Crippen molar-refractivity contribution in [2.24, 2.45) is 5.41 Å². The summed E-state index contributed by atoms with van der Waals surface area (Å²) in [4.78, 5) is 10.8. The SMILES string of the molecule is Cc1cc(C2=C(/C=C/[C@@H](O)C[C@@H](O)CC(=O)O)C(C)(C)C[C@@H](O[Si](C)(C)C(C)(C)C)C2)ccc1F. The van der Waals surface area contributed by atoms with E-state index in [0.717, 1.165) is 23.1 Å². The number of carboxylic acid groups (broad SMARTS) is 1. The summed E-state index contributed by atoms with van der Waals surface area (Å²) in [5.41, 5.74) is 3.31. The summed E-state index contributed by atoms with van der Waals surface area (Å²) in [7, 11) is -2.01. The number of aliphatic carboxylic acids is 1. The lowest BCUT2D eigenvalue weighted by Gasteiger charge is -2.45. The van der Waals surface area contributed by atoms with Crippen LogP contribution in [0.15, 0.2) is 35.9 Å². The Balaban J connectivity index is 2.47. The van der Waals surface area contributed by atoms with Crippen molar-refractivity contribution in [1.82, 2.24) is 0 Å². The van der Waals surface area contributed by atoms with Crippen LogP contribution in [0.5, 0.6) is 0 Å². The number of allylic oxidation sites excluding steroid dienone is 2. The van der Waals surface area contributed by atoms with Crippen molar-refractivity contribution in [3.05, 3.63) is 52.9 Å². The number of carboxylic acids is 1. The van der Waals surface area contributed by atoms with Gasteiger partial charge < -0.3 is 19.7 Å². The predicted molar refractivity (Wildman–Crippen MR) is 141 cm³/mol. The van der Waals surface area contributed by atoms with Crippen LogP contribution in [0.25, 0.3) is 5.57 Å². The Morgan fingerprint density at radius 2 is 1.91 bits per heavy atom.